The Balaban J connectivity index is 2.03. The zero-order chi connectivity index (χ0) is 20.2. The first-order valence-electron chi connectivity index (χ1n) is 7.71. The molecule has 0 saturated carbocycles. The van der Waals surface area contributed by atoms with Gasteiger partial charge in [0.1, 0.15) is 0 Å². The highest BCUT2D eigenvalue weighted by Gasteiger charge is 2.31. The van der Waals surface area contributed by atoms with Crippen molar-refractivity contribution in [3.05, 3.63) is 64.7 Å². The fourth-order valence-electron chi connectivity index (χ4n) is 2.28. The predicted molar refractivity (Wildman–Crippen MR) is 94.6 cm³/mol. The van der Waals surface area contributed by atoms with E-state index in [1.165, 1.54) is 0 Å². The average molecular weight is 421 g/mol. The van der Waals surface area contributed by atoms with Crippen LogP contribution >= 0.6 is 11.6 Å². The molecule has 5 nitrogen and oxygen atoms in total. The Morgan fingerprint density at radius 1 is 1.15 bits per heavy atom. The second kappa shape index (κ2) is 8.28. The van der Waals surface area contributed by atoms with Crippen LogP contribution in [0.2, 0.25) is 5.02 Å². The fourth-order valence-corrected chi connectivity index (χ4v) is 3.61. The topological polar surface area (TPSA) is 75.3 Å². The molecule has 0 spiro atoms. The summed E-state index contributed by atoms with van der Waals surface area (Å²) in [4.78, 5) is 11.4. The molecule has 10 heteroatoms. The standard InChI is InChI=1S/C17H16ClF3N2O3S/c1-11(14-7-2-3-8-15(14)18)23-16(24)10-22-27(25,26)13-6-4-5-12(9-13)17(19,20)21/h2-9,11,22H,10H2,1H3,(H,23,24). The molecule has 0 bridgehead atoms. The molecule has 0 heterocycles. The van der Waals surface area contributed by atoms with E-state index in [-0.39, 0.29) is 0 Å². The van der Waals surface area contributed by atoms with Gasteiger partial charge in [0.2, 0.25) is 15.9 Å². The van der Waals surface area contributed by atoms with Gasteiger partial charge in [0.05, 0.1) is 23.0 Å². The Bertz CT molecular complexity index is 933. The lowest BCUT2D eigenvalue weighted by molar-refractivity contribution is -0.137. The first kappa shape index (κ1) is 21.2. The van der Waals surface area contributed by atoms with E-state index < -0.39 is 45.2 Å². The normalized spacial score (nSPS) is 13.2. The van der Waals surface area contributed by atoms with Crippen molar-refractivity contribution in [2.24, 2.45) is 0 Å². The molecule has 146 valence electrons. The van der Waals surface area contributed by atoms with E-state index in [0.717, 1.165) is 18.2 Å². The van der Waals surface area contributed by atoms with Crippen LogP contribution in [-0.2, 0) is 21.0 Å². The molecule has 0 aliphatic heterocycles. The minimum Gasteiger partial charge on any atom is -0.348 e. The van der Waals surface area contributed by atoms with E-state index in [9.17, 15) is 26.4 Å². The van der Waals surface area contributed by atoms with Crippen molar-refractivity contribution in [3.63, 3.8) is 0 Å². The molecule has 27 heavy (non-hydrogen) atoms. The molecule has 0 aliphatic carbocycles. The summed E-state index contributed by atoms with van der Waals surface area (Å²) in [5.74, 6) is -0.655. The molecular weight excluding hydrogens is 405 g/mol. The summed E-state index contributed by atoms with van der Waals surface area (Å²) < 4.78 is 64.4. The summed E-state index contributed by atoms with van der Waals surface area (Å²) in [7, 11) is -4.28. The second-order valence-electron chi connectivity index (χ2n) is 5.66. The average Bonchev–Trinajstić information content (AvgIpc) is 2.60. The van der Waals surface area contributed by atoms with Crippen LogP contribution in [0, 0.1) is 0 Å². The Morgan fingerprint density at radius 2 is 1.81 bits per heavy atom. The summed E-state index contributed by atoms with van der Waals surface area (Å²) in [5, 5.41) is 3.01. The van der Waals surface area contributed by atoms with Crippen LogP contribution in [0.15, 0.2) is 53.4 Å². The van der Waals surface area contributed by atoms with Gasteiger partial charge in [0.25, 0.3) is 0 Å². The third-order valence-corrected chi connectivity index (χ3v) is 5.39. The Kier molecular flexibility index (Phi) is 6.50. The number of halogens is 4. The highest BCUT2D eigenvalue weighted by atomic mass is 35.5. The van der Waals surface area contributed by atoms with Gasteiger partial charge in [-0.2, -0.15) is 13.2 Å². The number of rotatable bonds is 6. The van der Waals surface area contributed by atoms with Crippen molar-refractivity contribution in [2.75, 3.05) is 6.54 Å². The highest BCUT2D eigenvalue weighted by Crippen LogP contribution is 2.30. The van der Waals surface area contributed by atoms with E-state index in [4.69, 9.17) is 11.6 Å². The van der Waals surface area contributed by atoms with Gasteiger partial charge in [-0.15, -0.1) is 0 Å². The molecule has 0 radical (unpaired) electrons. The zero-order valence-electron chi connectivity index (χ0n) is 14.0. The van der Waals surface area contributed by atoms with Crippen LogP contribution in [0.4, 0.5) is 13.2 Å². The van der Waals surface area contributed by atoms with E-state index in [0.29, 0.717) is 16.7 Å². The lowest BCUT2D eigenvalue weighted by Gasteiger charge is -2.16. The molecule has 0 aliphatic rings. The highest BCUT2D eigenvalue weighted by molar-refractivity contribution is 7.89. The van der Waals surface area contributed by atoms with E-state index in [1.54, 1.807) is 31.2 Å². The fraction of sp³-hybridized carbons (Fsp3) is 0.235. The molecule has 2 aromatic rings. The molecule has 0 fully saturated rings. The largest absolute Gasteiger partial charge is 0.416 e. The monoisotopic (exact) mass is 420 g/mol. The number of alkyl halides is 3. The van der Waals surface area contributed by atoms with Crippen molar-refractivity contribution < 1.29 is 26.4 Å². The van der Waals surface area contributed by atoms with E-state index >= 15 is 0 Å². The van der Waals surface area contributed by atoms with Crippen LogP contribution in [0.1, 0.15) is 24.1 Å². The van der Waals surface area contributed by atoms with E-state index in [1.807, 2.05) is 4.72 Å². The summed E-state index contributed by atoms with van der Waals surface area (Å²) in [5.41, 5.74) is -0.449. The summed E-state index contributed by atoms with van der Waals surface area (Å²) in [6, 6.07) is 9.60. The number of amides is 1. The van der Waals surface area contributed by atoms with Gasteiger partial charge < -0.3 is 5.32 Å². The minimum absolute atomic E-state index is 0.440. The minimum atomic E-state index is -4.67. The Hall–Kier alpha value is -2.10. The molecule has 1 atom stereocenters. The first-order valence-corrected chi connectivity index (χ1v) is 9.57. The van der Waals surface area contributed by atoms with Crippen molar-refractivity contribution in [2.45, 2.75) is 24.0 Å². The van der Waals surface area contributed by atoms with Crippen LogP contribution in [-0.4, -0.2) is 20.9 Å². The van der Waals surface area contributed by atoms with Crippen LogP contribution in [0.25, 0.3) is 0 Å². The summed E-state index contributed by atoms with van der Waals surface area (Å²) >= 11 is 6.03. The van der Waals surface area contributed by atoms with Gasteiger partial charge in [-0.3, -0.25) is 4.79 Å². The SMILES string of the molecule is CC(NC(=O)CNS(=O)(=O)c1cccc(C(F)(F)F)c1)c1ccccc1Cl. The molecule has 0 saturated heterocycles. The quantitative estimate of drug-likeness (QED) is 0.750. The molecule has 2 aromatic carbocycles. The lowest BCUT2D eigenvalue weighted by Crippen LogP contribution is -2.38. The van der Waals surface area contributed by atoms with E-state index in [2.05, 4.69) is 5.32 Å². The number of hydrogen-bond acceptors (Lipinski definition) is 3. The molecular formula is C17H16ClF3N2O3S. The Morgan fingerprint density at radius 3 is 2.44 bits per heavy atom. The van der Waals surface area contributed by atoms with Crippen LogP contribution in [0.5, 0.6) is 0 Å². The maximum absolute atomic E-state index is 12.7. The Labute approximate surface area is 159 Å². The predicted octanol–water partition coefficient (Wildman–Crippen LogP) is 3.51. The maximum atomic E-state index is 12.7. The molecule has 0 aromatic heterocycles. The number of nitrogens with one attached hydrogen (secondary N) is 2. The summed E-state index contributed by atoms with van der Waals surface area (Å²) in [6.45, 7) is 1.04. The molecule has 2 N–H and O–H groups in total. The number of benzene rings is 2. The van der Waals surface area contributed by atoms with Crippen molar-refractivity contribution in [1.82, 2.24) is 10.0 Å². The van der Waals surface area contributed by atoms with Crippen molar-refractivity contribution in [3.8, 4) is 0 Å². The first-order chi connectivity index (χ1) is 12.5. The van der Waals surface area contributed by atoms with Gasteiger partial charge in [0.15, 0.2) is 0 Å². The number of sulfonamides is 1. The number of hydrogen-bond donors (Lipinski definition) is 2. The summed E-state index contributed by atoms with van der Waals surface area (Å²) in [6.07, 6.45) is -4.67. The number of carbonyl (C=O) groups is 1. The van der Waals surface area contributed by atoms with Gasteiger partial charge in [0, 0.05) is 5.02 Å². The number of carbonyl (C=O) groups excluding carboxylic acids is 1. The van der Waals surface area contributed by atoms with Crippen molar-refractivity contribution in [1.29, 1.82) is 0 Å². The van der Waals surface area contributed by atoms with Crippen LogP contribution in [0.3, 0.4) is 0 Å². The molecule has 1 unspecified atom stereocenters. The second-order valence-corrected chi connectivity index (χ2v) is 7.84. The van der Waals surface area contributed by atoms with Crippen LogP contribution < -0.4 is 10.0 Å². The molecule has 1 amide bonds. The molecule has 2 rings (SSSR count). The van der Waals surface area contributed by atoms with Gasteiger partial charge in [-0.25, -0.2) is 13.1 Å². The van der Waals surface area contributed by atoms with Gasteiger partial charge in [-0.1, -0.05) is 35.9 Å². The van der Waals surface area contributed by atoms with Gasteiger partial charge in [-0.05, 0) is 36.8 Å². The smallest absolute Gasteiger partial charge is 0.348 e. The third-order valence-electron chi connectivity index (χ3n) is 3.64. The van der Waals surface area contributed by atoms with Gasteiger partial charge >= 0.3 is 6.18 Å². The van der Waals surface area contributed by atoms with Crippen molar-refractivity contribution >= 4 is 27.5 Å². The zero-order valence-corrected chi connectivity index (χ0v) is 15.6. The maximum Gasteiger partial charge on any atom is 0.416 e. The lowest BCUT2D eigenvalue weighted by atomic mass is 10.1. The third kappa shape index (κ3) is 5.69.